The maximum atomic E-state index is 13.0. The van der Waals surface area contributed by atoms with E-state index in [1.165, 1.54) is 0 Å². The van der Waals surface area contributed by atoms with Crippen LogP contribution in [0.3, 0.4) is 0 Å². The summed E-state index contributed by atoms with van der Waals surface area (Å²) in [6, 6.07) is 2.27. The van der Waals surface area contributed by atoms with Crippen LogP contribution in [0.15, 0.2) is 45.6 Å². The van der Waals surface area contributed by atoms with Gasteiger partial charge in [-0.05, 0) is 30.2 Å². The Morgan fingerprint density at radius 2 is 1.83 bits per heavy atom. The number of amides is 3. The number of nitrogens with zero attached hydrogens (tertiary/aromatic N) is 2. The van der Waals surface area contributed by atoms with Gasteiger partial charge >= 0.3 is 6.03 Å². The molecule has 2 rings (SSSR count). The highest BCUT2D eigenvalue weighted by molar-refractivity contribution is 7.91. The first kappa shape index (κ1) is 23.5. The van der Waals surface area contributed by atoms with E-state index in [0.29, 0.717) is 5.01 Å². The van der Waals surface area contributed by atoms with Gasteiger partial charge in [-0.15, -0.1) is 0 Å². The smallest absolute Gasteiger partial charge is 0.273 e. The number of sulfone groups is 1. The molecule has 0 aliphatic heterocycles. The van der Waals surface area contributed by atoms with Gasteiger partial charge in [-0.1, -0.05) is 43.6 Å². The van der Waals surface area contributed by atoms with Crippen molar-refractivity contribution in [3.05, 3.63) is 56.8 Å². The second kappa shape index (κ2) is 8.96. The Bertz CT molecular complexity index is 1170. The molecule has 0 spiro atoms. The molecule has 0 aliphatic rings. The average Bonchev–Trinajstić information content (AvgIpc) is 2.66. The van der Waals surface area contributed by atoms with Crippen LogP contribution in [-0.2, 0) is 14.6 Å². The third-order valence-electron chi connectivity index (χ3n) is 3.87. The summed E-state index contributed by atoms with van der Waals surface area (Å²) in [5, 5.41) is 7.01. The molecule has 30 heavy (non-hydrogen) atoms. The quantitative estimate of drug-likeness (QED) is 0.259. The number of urea groups is 1. The van der Waals surface area contributed by atoms with Gasteiger partial charge in [-0.25, -0.2) is 29.2 Å². The van der Waals surface area contributed by atoms with E-state index in [9.17, 15) is 22.8 Å². The van der Waals surface area contributed by atoms with Gasteiger partial charge in [0.2, 0.25) is 9.84 Å². The first-order valence-corrected chi connectivity index (χ1v) is 10.5. The van der Waals surface area contributed by atoms with Crippen LogP contribution in [0.25, 0.3) is 0 Å². The third kappa shape index (κ3) is 4.70. The molecule has 0 aliphatic carbocycles. The number of benzene rings is 1. The van der Waals surface area contributed by atoms with Crippen molar-refractivity contribution in [2.24, 2.45) is 5.84 Å². The van der Waals surface area contributed by atoms with E-state index in [1.54, 1.807) is 13.8 Å². The van der Waals surface area contributed by atoms with Crippen LogP contribution in [-0.4, -0.2) is 30.6 Å². The van der Waals surface area contributed by atoms with Crippen LogP contribution in [0.1, 0.15) is 25.3 Å². The number of aromatic nitrogens is 2. The first-order chi connectivity index (χ1) is 13.9. The van der Waals surface area contributed by atoms with Crippen molar-refractivity contribution in [3.63, 3.8) is 0 Å². The summed E-state index contributed by atoms with van der Waals surface area (Å²) < 4.78 is 26.1. The van der Waals surface area contributed by atoms with Gasteiger partial charge in [0.1, 0.15) is 4.90 Å². The number of carbonyl (C=O) groups excluding carboxylic acids is 2. The molecule has 0 saturated heterocycles. The van der Waals surface area contributed by atoms with Crippen molar-refractivity contribution in [1.29, 1.82) is 0 Å². The van der Waals surface area contributed by atoms with Crippen molar-refractivity contribution in [3.8, 4) is 0 Å². The zero-order chi connectivity index (χ0) is 22.8. The molecule has 4 N–H and O–H groups in total. The molecule has 0 bridgehead atoms. The standard InChI is InChI=1S/C17H17Cl2N5O5S/c1-4-13(25)21-17(27)24(20)9-5-11(18)15(12(19)6-9)30(28,29)14-7-10(8(2)3)16(26)23-22-14/h4-8H,1,20H2,2-3H3,(H,23,26)(H,21,25,27). The highest BCUT2D eigenvalue weighted by Gasteiger charge is 2.29. The number of anilines is 1. The van der Waals surface area contributed by atoms with E-state index >= 15 is 0 Å². The van der Waals surface area contributed by atoms with Crippen molar-refractivity contribution in [2.45, 2.75) is 29.7 Å². The number of H-pyrrole nitrogens is 1. The Kier molecular flexibility index (Phi) is 7.03. The predicted octanol–water partition coefficient (Wildman–Crippen LogP) is 2.14. The third-order valence-corrected chi connectivity index (χ3v) is 6.43. The molecule has 0 atom stereocenters. The molecule has 0 saturated carbocycles. The summed E-state index contributed by atoms with van der Waals surface area (Å²) in [5.74, 6) is 4.58. The summed E-state index contributed by atoms with van der Waals surface area (Å²) >= 11 is 12.2. The lowest BCUT2D eigenvalue weighted by molar-refractivity contribution is -0.115. The minimum absolute atomic E-state index is 0.0874. The lowest BCUT2D eigenvalue weighted by atomic mass is 10.1. The maximum absolute atomic E-state index is 13.0. The lowest BCUT2D eigenvalue weighted by Crippen LogP contribution is -2.46. The number of hydrogen-bond donors (Lipinski definition) is 3. The minimum Gasteiger partial charge on any atom is -0.273 e. The van der Waals surface area contributed by atoms with Gasteiger partial charge in [0.25, 0.3) is 11.5 Å². The normalized spacial score (nSPS) is 11.3. The second-order valence-electron chi connectivity index (χ2n) is 6.26. The van der Waals surface area contributed by atoms with E-state index in [1.807, 2.05) is 5.32 Å². The van der Waals surface area contributed by atoms with E-state index < -0.39 is 37.3 Å². The molecule has 13 heteroatoms. The fourth-order valence-corrected chi connectivity index (χ4v) is 4.72. The van der Waals surface area contributed by atoms with Gasteiger partial charge < -0.3 is 0 Å². The Hall–Kier alpha value is -2.73. The van der Waals surface area contributed by atoms with Gasteiger partial charge in [-0.3, -0.25) is 14.9 Å². The topological polar surface area (TPSA) is 155 Å². The van der Waals surface area contributed by atoms with Crippen LogP contribution in [0.2, 0.25) is 10.0 Å². The summed E-state index contributed by atoms with van der Waals surface area (Å²) in [7, 11) is -4.33. The molecule has 0 unspecified atom stereocenters. The number of rotatable bonds is 5. The average molecular weight is 474 g/mol. The largest absolute Gasteiger partial charge is 0.343 e. The monoisotopic (exact) mass is 473 g/mol. The SMILES string of the molecule is C=CC(=O)NC(=O)N(N)c1cc(Cl)c(S(=O)(=O)c2cc(C(C)C)c(=O)[nH]n2)c(Cl)c1. The number of nitrogens with two attached hydrogens (primary N) is 1. The number of halogens is 2. The van der Waals surface area contributed by atoms with E-state index in [-0.39, 0.29) is 27.2 Å². The summed E-state index contributed by atoms with van der Waals surface area (Å²) in [5.41, 5.74) is -0.393. The van der Waals surface area contributed by atoms with Crippen LogP contribution >= 0.6 is 23.2 Å². The molecule has 3 amide bonds. The molecule has 1 aromatic carbocycles. The molecule has 0 fully saturated rings. The minimum atomic E-state index is -4.33. The van der Waals surface area contributed by atoms with Crippen molar-refractivity contribution >= 4 is 50.7 Å². The Morgan fingerprint density at radius 1 is 1.27 bits per heavy atom. The first-order valence-electron chi connectivity index (χ1n) is 8.26. The van der Waals surface area contributed by atoms with Gasteiger partial charge in [-0.2, -0.15) is 5.10 Å². The second-order valence-corrected chi connectivity index (χ2v) is 8.90. The molecule has 2 aromatic rings. The number of carbonyl (C=O) groups is 2. The molecule has 10 nitrogen and oxygen atoms in total. The molecular weight excluding hydrogens is 457 g/mol. The molecule has 1 heterocycles. The zero-order valence-electron chi connectivity index (χ0n) is 15.8. The number of aromatic amines is 1. The van der Waals surface area contributed by atoms with Gasteiger partial charge in [0.05, 0.1) is 15.7 Å². The van der Waals surface area contributed by atoms with Gasteiger partial charge in [0, 0.05) is 5.56 Å². The Balaban J connectivity index is 2.52. The van der Waals surface area contributed by atoms with Crippen molar-refractivity contribution < 1.29 is 18.0 Å². The lowest BCUT2D eigenvalue weighted by Gasteiger charge is -2.18. The van der Waals surface area contributed by atoms with E-state index in [4.69, 9.17) is 29.0 Å². The van der Waals surface area contributed by atoms with Crippen LogP contribution in [0, 0.1) is 0 Å². The number of hydrogen-bond acceptors (Lipinski definition) is 7. The van der Waals surface area contributed by atoms with E-state index in [0.717, 1.165) is 24.3 Å². The van der Waals surface area contributed by atoms with Crippen LogP contribution < -0.4 is 21.7 Å². The van der Waals surface area contributed by atoms with Crippen LogP contribution in [0.4, 0.5) is 10.5 Å². The fraction of sp³-hybridized carbons (Fsp3) is 0.176. The predicted molar refractivity (Wildman–Crippen MR) is 111 cm³/mol. The van der Waals surface area contributed by atoms with Gasteiger partial charge in [0.15, 0.2) is 5.03 Å². The summed E-state index contributed by atoms with van der Waals surface area (Å²) in [4.78, 5) is 34.5. The molecular formula is C17H17Cl2N5O5S. The summed E-state index contributed by atoms with van der Waals surface area (Å²) in [6.07, 6.45) is 0.865. The zero-order valence-corrected chi connectivity index (χ0v) is 18.1. The number of imide groups is 1. The van der Waals surface area contributed by atoms with Crippen molar-refractivity contribution in [1.82, 2.24) is 15.5 Å². The maximum Gasteiger partial charge on any atom is 0.343 e. The Morgan fingerprint density at radius 3 is 2.33 bits per heavy atom. The highest BCUT2D eigenvalue weighted by Crippen LogP contribution is 2.36. The van der Waals surface area contributed by atoms with Crippen molar-refractivity contribution in [2.75, 3.05) is 5.01 Å². The number of nitrogens with one attached hydrogen (secondary N) is 2. The molecule has 160 valence electrons. The molecule has 0 radical (unpaired) electrons. The Labute approximate surface area is 181 Å². The van der Waals surface area contributed by atoms with Crippen LogP contribution in [0.5, 0.6) is 0 Å². The fourth-order valence-electron chi connectivity index (χ4n) is 2.35. The summed E-state index contributed by atoms with van der Waals surface area (Å²) in [6.45, 7) is 6.64. The highest BCUT2D eigenvalue weighted by atomic mass is 35.5. The number of hydrazine groups is 1. The van der Waals surface area contributed by atoms with E-state index in [2.05, 4.69) is 16.8 Å². The molecule has 1 aromatic heterocycles.